The molecule has 0 spiro atoms. The Labute approximate surface area is 122 Å². The lowest BCUT2D eigenvalue weighted by atomic mass is 10.1. The molecule has 2 heterocycles. The summed E-state index contributed by atoms with van der Waals surface area (Å²) in [5.41, 5.74) is 0. The predicted molar refractivity (Wildman–Crippen MR) is 77.1 cm³/mol. The molecule has 1 aromatic heterocycles. The highest BCUT2D eigenvalue weighted by molar-refractivity contribution is 7.15. The van der Waals surface area contributed by atoms with E-state index in [0.717, 1.165) is 36.1 Å². The first-order chi connectivity index (χ1) is 9.76. The van der Waals surface area contributed by atoms with Crippen LogP contribution in [0.1, 0.15) is 43.5 Å². The van der Waals surface area contributed by atoms with Crippen molar-refractivity contribution in [2.24, 2.45) is 0 Å². The van der Waals surface area contributed by atoms with Gasteiger partial charge in [-0.25, -0.2) is 4.79 Å². The van der Waals surface area contributed by atoms with Crippen LogP contribution in [0.4, 0.5) is 9.93 Å². The van der Waals surface area contributed by atoms with Crippen LogP contribution in [0.5, 0.6) is 0 Å². The number of carbonyl (C=O) groups is 1. The van der Waals surface area contributed by atoms with Gasteiger partial charge in [0.2, 0.25) is 5.13 Å². The monoisotopic (exact) mass is 296 g/mol. The second-order valence-electron chi connectivity index (χ2n) is 5.32. The number of likely N-dealkylation sites (tertiary alicyclic amines) is 1. The van der Waals surface area contributed by atoms with Crippen molar-refractivity contribution >= 4 is 22.6 Å². The normalized spacial score (nSPS) is 19.9. The largest absolute Gasteiger partial charge is 0.450 e. The number of hydrogen-bond donors (Lipinski definition) is 1. The molecule has 0 aromatic carbocycles. The Balaban J connectivity index is 1.46. The number of nitrogens with one attached hydrogen (secondary N) is 1. The average Bonchev–Trinajstić information content (AvgIpc) is 3.21. The van der Waals surface area contributed by atoms with Crippen LogP contribution in [-0.2, 0) is 4.74 Å². The lowest BCUT2D eigenvalue weighted by Crippen LogP contribution is -2.42. The molecule has 1 aromatic rings. The summed E-state index contributed by atoms with van der Waals surface area (Å²) in [4.78, 5) is 13.4. The molecule has 3 rings (SSSR count). The lowest BCUT2D eigenvalue weighted by molar-refractivity contribution is 0.0983. The molecule has 0 unspecified atom stereocenters. The lowest BCUT2D eigenvalue weighted by Gasteiger charge is -2.31. The van der Waals surface area contributed by atoms with Crippen molar-refractivity contribution in [3.05, 3.63) is 5.01 Å². The first-order valence-electron chi connectivity index (χ1n) is 7.28. The van der Waals surface area contributed by atoms with Crippen molar-refractivity contribution < 1.29 is 9.53 Å². The van der Waals surface area contributed by atoms with Crippen molar-refractivity contribution in [3.8, 4) is 0 Å². The second kappa shape index (κ2) is 5.95. The van der Waals surface area contributed by atoms with Crippen LogP contribution in [0.15, 0.2) is 0 Å². The number of nitrogens with zero attached hydrogens (tertiary/aromatic N) is 3. The Bertz CT molecular complexity index is 467. The van der Waals surface area contributed by atoms with Crippen molar-refractivity contribution in [2.45, 2.75) is 44.6 Å². The molecule has 1 aliphatic carbocycles. The summed E-state index contributed by atoms with van der Waals surface area (Å²) in [5.74, 6) is 0.661. The fourth-order valence-electron chi connectivity index (χ4n) is 2.38. The maximum Gasteiger partial charge on any atom is 0.409 e. The zero-order valence-electron chi connectivity index (χ0n) is 11.7. The minimum Gasteiger partial charge on any atom is -0.450 e. The van der Waals surface area contributed by atoms with E-state index in [0.29, 0.717) is 18.6 Å². The Kier molecular flexibility index (Phi) is 4.05. The molecule has 1 aliphatic heterocycles. The minimum atomic E-state index is -0.196. The van der Waals surface area contributed by atoms with Gasteiger partial charge in [-0.3, -0.25) is 0 Å². The molecule has 1 amide bonds. The molecule has 0 bridgehead atoms. The smallest absolute Gasteiger partial charge is 0.409 e. The molecular formula is C13H20N4O2S. The van der Waals surface area contributed by atoms with E-state index in [2.05, 4.69) is 15.5 Å². The molecule has 2 fully saturated rings. The second-order valence-corrected chi connectivity index (χ2v) is 6.33. The van der Waals surface area contributed by atoms with Crippen LogP contribution in [0.3, 0.4) is 0 Å². The quantitative estimate of drug-likeness (QED) is 0.924. The number of piperidine rings is 1. The summed E-state index contributed by atoms with van der Waals surface area (Å²) in [6.45, 7) is 3.75. The van der Waals surface area contributed by atoms with Gasteiger partial charge in [-0.1, -0.05) is 11.3 Å². The van der Waals surface area contributed by atoms with E-state index in [9.17, 15) is 4.79 Å². The highest BCUT2D eigenvalue weighted by atomic mass is 32.1. The summed E-state index contributed by atoms with van der Waals surface area (Å²) in [5, 5.41) is 14.0. The Morgan fingerprint density at radius 3 is 2.75 bits per heavy atom. The average molecular weight is 296 g/mol. The summed E-state index contributed by atoms with van der Waals surface area (Å²) in [7, 11) is 0. The molecule has 0 radical (unpaired) electrons. The first kappa shape index (κ1) is 13.6. The molecular weight excluding hydrogens is 276 g/mol. The van der Waals surface area contributed by atoms with Crippen LogP contribution in [0.2, 0.25) is 0 Å². The molecule has 110 valence electrons. The molecule has 6 nitrogen and oxygen atoms in total. The highest BCUT2D eigenvalue weighted by Crippen LogP contribution is 2.42. The van der Waals surface area contributed by atoms with Crippen molar-refractivity contribution in [1.29, 1.82) is 0 Å². The third-order valence-corrected chi connectivity index (χ3v) is 4.73. The molecule has 2 aliphatic rings. The third kappa shape index (κ3) is 3.20. The van der Waals surface area contributed by atoms with E-state index in [1.807, 2.05) is 6.92 Å². The molecule has 0 atom stereocenters. The number of amides is 1. The molecule has 1 saturated heterocycles. The van der Waals surface area contributed by atoms with E-state index in [4.69, 9.17) is 4.74 Å². The summed E-state index contributed by atoms with van der Waals surface area (Å²) < 4.78 is 5.02. The van der Waals surface area contributed by atoms with Crippen LogP contribution >= 0.6 is 11.3 Å². The zero-order chi connectivity index (χ0) is 13.9. The maximum atomic E-state index is 11.6. The summed E-state index contributed by atoms with van der Waals surface area (Å²) >= 11 is 1.67. The van der Waals surface area contributed by atoms with Gasteiger partial charge in [0.15, 0.2) is 0 Å². The van der Waals surface area contributed by atoms with Crippen LogP contribution in [-0.4, -0.2) is 46.9 Å². The van der Waals surface area contributed by atoms with Crippen molar-refractivity contribution in [2.75, 3.05) is 25.0 Å². The van der Waals surface area contributed by atoms with Gasteiger partial charge in [-0.15, -0.1) is 10.2 Å². The highest BCUT2D eigenvalue weighted by Gasteiger charge is 2.28. The van der Waals surface area contributed by atoms with Gasteiger partial charge in [-0.05, 0) is 32.6 Å². The maximum absolute atomic E-state index is 11.6. The van der Waals surface area contributed by atoms with E-state index >= 15 is 0 Å². The Morgan fingerprint density at radius 2 is 2.10 bits per heavy atom. The summed E-state index contributed by atoms with van der Waals surface area (Å²) in [6, 6.07) is 0.376. The van der Waals surface area contributed by atoms with Crippen molar-refractivity contribution in [1.82, 2.24) is 15.1 Å². The van der Waals surface area contributed by atoms with Crippen LogP contribution < -0.4 is 5.32 Å². The van der Waals surface area contributed by atoms with Gasteiger partial charge in [-0.2, -0.15) is 0 Å². The molecule has 7 heteroatoms. The number of hydrogen-bond acceptors (Lipinski definition) is 6. The van der Waals surface area contributed by atoms with E-state index in [1.165, 1.54) is 12.8 Å². The fourth-order valence-corrected chi connectivity index (χ4v) is 3.37. The number of aromatic nitrogens is 2. The van der Waals surface area contributed by atoms with Crippen molar-refractivity contribution in [3.63, 3.8) is 0 Å². The fraction of sp³-hybridized carbons (Fsp3) is 0.769. The van der Waals surface area contributed by atoms with Crippen LogP contribution in [0, 0.1) is 0 Å². The van der Waals surface area contributed by atoms with Gasteiger partial charge >= 0.3 is 6.09 Å². The number of ether oxygens (including phenoxy) is 1. The van der Waals surface area contributed by atoms with Crippen LogP contribution in [0.25, 0.3) is 0 Å². The third-order valence-electron chi connectivity index (χ3n) is 3.72. The molecule has 20 heavy (non-hydrogen) atoms. The standard InChI is InChI=1S/C13H20N4O2S/c1-2-19-13(18)17-7-5-10(6-8-17)14-12-16-15-11(20-12)9-3-4-9/h9-10H,2-8H2,1H3,(H,14,16). The number of anilines is 1. The summed E-state index contributed by atoms with van der Waals surface area (Å²) in [6.07, 6.45) is 4.17. The zero-order valence-corrected chi connectivity index (χ0v) is 12.5. The first-order valence-corrected chi connectivity index (χ1v) is 8.09. The van der Waals surface area contributed by atoms with Gasteiger partial charge in [0.25, 0.3) is 0 Å². The van der Waals surface area contributed by atoms with E-state index in [-0.39, 0.29) is 6.09 Å². The topological polar surface area (TPSA) is 67.3 Å². The Hall–Kier alpha value is -1.37. The Morgan fingerprint density at radius 1 is 1.35 bits per heavy atom. The minimum absolute atomic E-state index is 0.196. The van der Waals surface area contributed by atoms with Gasteiger partial charge in [0, 0.05) is 25.0 Å². The van der Waals surface area contributed by atoms with Gasteiger partial charge in [0.05, 0.1) is 6.61 Å². The van der Waals surface area contributed by atoms with E-state index in [1.54, 1.807) is 16.2 Å². The SMILES string of the molecule is CCOC(=O)N1CCC(Nc2nnc(C3CC3)s2)CC1. The number of rotatable bonds is 4. The van der Waals surface area contributed by atoms with Gasteiger partial charge < -0.3 is 15.0 Å². The predicted octanol–water partition coefficient (Wildman–Crippen LogP) is 2.45. The van der Waals surface area contributed by atoms with E-state index < -0.39 is 0 Å². The molecule has 1 saturated carbocycles. The molecule has 1 N–H and O–H groups in total. The van der Waals surface area contributed by atoms with Gasteiger partial charge in [0.1, 0.15) is 5.01 Å². The number of carbonyl (C=O) groups excluding carboxylic acids is 1.